The van der Waals surface area contributed by atoms with Gasteiger partial charge in [0.15, 0.2) is 11.5 Å². The van der Waals surface area contributed by atoms with Gasteiger partial charge in [0.05, 0.1) is 12.9 Å². The molecule has 0 aromatic carbocycles. The number of nitrogens with zero attached hydrogens (tertiary/aromatic N) is 7. The van der Waals surface area contributed by atoms with Gasteiger partial charge < -0.3 is 14.5 Å². The summed E-state index contributed by atoms with van der Waals surface area (Å²) in [7, 11) is 0. The molecule has 1 fully saturated rings. The second-order valence-corrected chi connectivity index (χ2v) is 6.10. The highest BCUT2D eigenvalue weighted by atomic mass is 15.3. The minimum absolute atomic E-state index is 0.726. The van der Waals surface area contributed by atoms with Gasteiger partial charge in [-0.3, -0.25) is 4.90 Å². The van der Waals surface area contributed by atoms with Crippen molar-refractivity contribution >= 4 is 17.0 Å². The van der Waals surface area contributed by atoms with Crippen LogP contribution in [0, 0.1) is 0 Å². The molecule has 0 aliphatic carbocycles. The Morgan fingerprint density at radius 3 is 2.79 bits per heavy atom. The maximum absolute atomic E-state index is 4.51. The fourth-order valence-corrected chi connectivity index (χ4v) is 3.25. The zero-order valence-corrected chi connectivity index (χ0v) is 13.9. The Kier molecular flexibility index (Phi) is 4.12. The number of imidazole rings is 2. The first-order chi connectivity index (χ1) is 11.8. The molecule has 8 heteroatoms. The van der Waals surface area contributed by atoms with Crippen molar-refractivity contribution in [3.8, 4) is 0 Å². The highest BCUT2D eigenvalue weighted by Gasteiger charge is 2.21. The monoisotopic (exact) mass is 326 g/mol. The van der Waals surface area contributed by atoms with Crippen LogP contribution in [-0.4, -0.2) is 60.6 Å². The van der Waals surface area contributed by atoms with Crippen molar-refractivity contribution in [1.29, 1.82) is 0 Å². The molecule has 0 amide bonds. The zero-order valence-electron chi connectivity index (χ0n) is 13.9. The molecule has 1 aliphatic rings. The maximum atomic E-state index is 4.51. The number of H-pyrrole nitrogens is 1. The zero-order chi connectivity index (χ0) is 16.4. The summed E-state index contributed by atoms with van der Waals surface area (Å²) < 4.78 is 2.25. The molecule has 0 atom stereocenters. The summed E-state index contributed by atoms with van der Waals surface area (Å²) in [4.78, 5) is 25.3. The molecule has 0 saturated carbocycles. The molecule has 1 N–H and O–H groups in total. The Bertz CT molecular complexity index is 799. The van der Waals surface area contributed by atoms with Gasteiger partial charge in [-0.1, -0.05) is 6.92 Å². The van der Waals surface area contributed by atoms with E-state index in [1.165, 1.54) is 0 Å². The van der Waals surface area contributed by atoms with E-state index < -0.39 is 0 Å². The van der Waals surface area contributed by atoms with E-state index in [0.29, 0.717) is 0 Å². The van der Waals surface area contributed by atoms with Crippen LogP contribution in [0.25, 0.3) is 11.2 Å². The number of hydrogen-bond acceptors (Lipinski definition) is 6. The van der Waals surface area contributed by atoms with Crippen LogP contribution in [0.4, 0.5) is 5.82 Å². The van der Waals surface area contributed by atoms with Crippen molar-refractivity contribution in [2.75, 3.05) is 31.1 Å². The van der Waals surface area contributed by atoms with E-state index >= 15 is 0 Å². The van der Waals surface area contributed by atoms with E-state index in [2.05, 4.69) is 52.4 Å². The number of aromatic nitrogens is 6. The van der Waals surface area contributed by atoms with Gasteiger partial charge in [0, 0.05) is 45.1 Å². The number of anilines is 1. The van der Waals surface area contributed by atoms with Gasteiger partial charge >= 0.3 is 0 Å². The Labute approximate surface area is 140 Å². The summed E-state index contributed by atoms with van der Waals surface area (Å²) >= 11 is 0. The number of rotatable bonds is 5. The maximum Gasteiger partial charge on any atom is 0.182 e. The third-order valence-electron chi connectivity index (χ3n) is 4.51. The molecule has 0 unspecified atom stereocenters. The van der Waals surface area contributed by atoms with Crippen molar-refractivity contribution in [3.05, 3.63) is 30.9 Å². The van der Waals surface area contributed by atoms with Crippen LogP contribution in [0.3, 0.4) is 0 Å². The summed E-state index contributed by atoms with van der Waals surface area (Å²) in [6, 6.07) is 0. The molecule has 1 aliphatic heterocycles. The number of aromatic amines is 1. The largest absolute Gasteiger partial charge is 0.352 e. The highest BCUT2D eigenvalue weighted by molar-refractivity contribution is 5.82. The van der Waals surface area contributed by atoms with Gasteiger partial charge in [-0.2, -0.15) is 0 Å². The quantitative estimate of drug-likeness (QED) is 0.761. The van der Waals surface area contributed by atoms with Crippen LogP contribution in [0.1, 0.15) is 19.2 Å². The molecule has 4 rings (SSSR count). The molecule has 3 aromatic rings. The number of aryl methyl sites for hydroxylation is 1. The SMILES string of the molecule is CCCn1ccnc1CN1CCN(c2ncnc3nc[nH]c23)CC1. The predicted octanol–water partition coefficient (Wildman–Crippen LogP) is 1.28. The Hall–Kier alpha value is -2.48. The average Bonchev–Trinajstić information content (AvgIpc) is 3.25. The van der Waals surface area contributed by atoms with E-state index in [-0.39, 0.29) is 0 Å². The van der Waals surface area contributed by atoms with Gasteiger partial charge in [-0.05, 0) is 6.42 Å². The number of nitrogens with one attached hydrogen (secondary N) is 1. The lowest BCUT2D eigenvalue weighted by molar-refractivity contribution is 0.240. The molecule has 1 saturated heterocycles. The topological polar surface area (TPSA) is 78.8 Å². The molecule has 24 heavy (non-hydrogen) atoms. The van der Waals surface area contributed by atoms with Crippen LogP contribution in [-0.2, 0) is 13.1 Å². The normalized spacial score (nSPS) is 16.1. The standard InChI is InChI=1S/C16H22N8/c1-2-4-23-5-3-17-13(23)10-22-6-8-24(9-7-22)16-14-15(19-11-18-14)20-12-21-16/h3,5,11-12H,2,4,6-10H2,1H3,(H,18,19,20,21). The van der Waals surface area contributed by atoms with Gasteiger partial charge in [0.1, 0.15) is 17.7 Å². The summed E-state index contributed by atoms with van der Waals surface area (Å²) in [5, 5.41) is 0. The minimum atomic E-state index is 0.726. The average molecular weight is 326 g/mol. The highest BCUT2D eigenvalue weighted by Crippen LogP contribution is 2.21. The van der Waals surface area contributed by atoms with Crippen LogP contribution in [0.2, 0.25) is 0 Å². The van der Waals surface area contributed by atoms with Crippen molar-refractivity contribution in [1.82, 2.24) is 34.4 Å². The number of piperazine rings is 1. The van der Waals surface area contributed by atoms with E-state index in [1.807, 2.05) is 6.20 Å². The van der Waals surface area contributed by atoms with Gasteiger partial charge in [-0.15, -0.1) is 0 Å². The molecule has 4 heterocycles. The molecule has 8 nitrogen and oxygen atoms in total. The summed E-state index contributed by atoms with van der Waals surface area (Å²) in [5.74, 6) is 2.10. The van der Waals surface area contributed by atoms with Crippen LogP contribution in [0.15, 0.2) is 25.0 Å². The van der Waals surface area contributed by atoms with Crippen LogP contribution >= 0.6 is 0 Å². The molecule has 0 bridgehead atoms. The lowest BCUT2D eigenvalue weighted by Gasteiger charge is -2.35. The smallest absolute Gasteiger partial charge is 0.182 e. The first-order valence-corrected chi connectivity index (χ1v) is 8.46. The number of hydrogen-bond donors (Lipinski definition) is 1. The van der Waals surface area contributed by atoms with Crippen LogP contribution in [0.5, 0.6) is 0 Å². The third kappa shape index (κ3) is 2.84. The Morgan fingerprint density at radius 1 is 1.08 bits per heavy atom. The first kappa shape index (κ1) is 15.1. The van der Waals surface area contributed by atoms with Gasteiger partial charge in [0.25, 0.3) is 0 Å². The molecule has 0 radical (unpaired) electrons. The first-order valence-electron chi connectivity index (χ1n) is 8.46. The van der Waals surface area contributed by atoms with E-state index in [0.717, 1.165) is 68.5 Å². The van der Waals surface area contributed by atoms with Gasteiger partial charge in [0.2, 0.25) is 0 Å². The third-order valence-corrected chi connectivity index (χ3v) is 4.51. The summed E-state index contributed by atoms with van der Waals surface area (Å²) in [5.41, 5.74) is 1.65. The lowest BCUT2D eigenvalue weighted by atomic mass is 10.3. The van der Waals surface area contributed by atoms with Crippen LogP contribution < -0.4 is 4.90 Å². The van der Waals surface area contributed by atoms with E-state index in [4.69, 9.17) is 0 Å². The Morgan fingerprint density at radius 2 is 1.96 bits per heavy atom. The summed E-state index contributed by atoms with van der Waals surface area (Å²) in [6.07, 6.45) is 8.37. The lowest BCUT2D eigenvalue weighted by Crippen LogP contribution is -2.46. The predicted molar refractivity (Wildman–Crippen MR) is 91.7 cm³/mol. The second kappa shape index (κ2) is 6.56. The molecule has 126 valence electrons. The molecule has 3 aromatic heterocycles. The van der Waals surface area contributed by atoms with Gasteiger partial charge in [-0.25, -0.2) is 19.9 Å². The van der Waals surface area contributed by atoms with Crippen molar-refractivity contribution in [2.45, 2.75) is 26.4 Å². The summed E-state index contributed by atoms with van der Waals surface area (Å²) in [6.45, 7) is 8.02. The fraction of sp³-hybridized carbons (Fsp3) is 0.500. The molecular weight excluding hydrogens is 304 g/mol. The van der Waals surface area contributed by atoms with Crippen molar-refractivity contribution < 1.29 is 0 Å². The van der Waals surface area contributed by atoms with E-state index in [9.17, 15) is 0 Å². The Balaban J connectivity index is 1.42. The minimum Gasteiger partial charge on any atom is -0.352 e. The van der Waals surface area contributed by atoms with E-state index in [1.54, 1.807) is 12.7 Å². The molecular formula is C16H22N8. The van der Waals surface area contributed by atoms with Crippen molar-refractivity contribution in [2.24, 2.45) is 0 Å². The number of fused-ring (bicyclic) bond motifs is 1. The second-order valence-electron chi connectivity index (χ2n) is 6.10. The molecule has 0 spiro atoms. The fourth-order valence-electron chi connectivity index (χ4n) is 3.25. The van der Waals surface area contributed by atoms with Crippen molar-refractivity contribution in [3.63, 3.8) is 0 Å².